The lowest BCUT2D eigenvalue weighted by molar-refractivity contribution is -0.150. The summed E-state index contributed by atoms with van der Waals surface area (Å²) < 4.78 is 5.24. The summed E-state index contributed by atoms with van der Waals surface area (Å²) in [7, 11) is 0. The molecule has 0 heterocycles. The molecule has 3 nitrogen and oxygen atoms in total. The van der Waals surface area contributed by atoms with E-state index < -0.39 is 0 Å². The molecule has 106 valence electrons. The number of likely N-dealkylation sites (N-methyl/N-ethyl adjacent to an activating group) is 1. The first kappa shape index (κ1) is 15.7. The molecular weight excluding hydrogens is 238 g/mol. The van der Waals surface area contributed by atoms with Gasteiger partial charge in [0.05, 0.1) is 6.61 Å². The molecule has 0 saturated carbocycles. The largest absolute Gasteiger partial charge is 0.465 e. The van der Waals surface area contributed by atoms with Crippen LogP contribution in [0.5, 0.6) is 0 Å². The van der Waals surface area contributed by atoms with E-state index in [4.69, 9.17) is 4.74 Å². The van der Waals surface area contributed by atoms with Gasteiger partial charge in [0.2, 0.25) is 0 Å². The third kappa shape index (κ3) is 4.67. The van der Waals surface area contributed by atoms with Crippen LogP contribution in [0.3, 0.4) is 0 Å². The van der Waals surface area contributed by atoms with Crippen LogP contribution in [-0.2, 0) is 9.53 Å². The van der Waals surface area contributed by atoms with Crippen molar-refractivity contribution in [3.8, 4) is 0 Å². The fourth-order valence-electron chi connectivity index (χ4n) is 2.24. The lowest BCUT2D eigenvalue weighted by Crippen LogP contribution is -2.37. The average molecular weight is 263 g/mol. The van der Waals surface area contributed by atoms with Gasteiger partial charge in [0.15, 0.2) is 0 Å². The number of hydrogen-bond acceptors (Lipinski definition) is 3. The van der Waals surface area contributed by atoms with Gasteiger partial charge in [-0.2, -0.15) is 0 Å². The molecule has 0 N–H and O–H groups in total. The third-order valence-electron chi connectivity index (χ3n) is 3.00. The van der Waals surface area contributed by atoms with E-state index in [0.717, 1.165) is 18.7 Å². The summed E-state index contributed by atoms with van der Waals surface area (Å²) in [6.45, 7) is 10.4. The maximum Gasteiger partial charge on any atom is 0.327 e. The van der Waals surface area contributed by atoms with Crippen LogP contribution in [0.1, 0.15) is 39.3 Å². The molecule has 1 atom stereocenters. The number of nitrogens with zero attached hydrogens (tertiary/aromatic N) is 1. The monoisotopic (exact) mass is 263 g/mol. The van der Waals surface area contributed by atoms with Crippen LogP contribution in [-0.4, -0.2) is 30.6 Å². The molecule has 0 fully saturated rings. The predicted octanol–water partition coefficient (Wildman–Crippen LogP) is 3.27. The quantitative estimate of drug-likeness (QED) is 0.707. The van der Waals surface area contributed by atoms with Crippen LogP contribution < -0.4 is 0 Å². The smallest absolute Gasteiger partial charge is 0.327 e. The number of hydrogen-bond donors (Lipinski definition) is 0. The summed E-state index contributed by atoms with van der Waals surface area (Å²) in [5.41, 5.74) is 1.00. The molecule has 0 spiro atoms. The van der Waals surface area contributed by atoms with E-state index in [1.165, 1.54) is 0 Å². The molecule has 0 amide bonds. The second-order valence-electron chi connectivity index (χ2n) is 5.05. The highest BCUT2D eigenvalue weighted by Crippen LogP contribution is 2.23. The number of carbonyl (C=O) groups is 1. The summed E-state index contributed by atoms with van der Waals surface area (Å²) in [6.07, 6.45) is 0. The minimum absolute atomic E-state index is 0.156. The van der Waals surface area contributed by atoms with E-state index in [9.17, 15) is 4.79 Å². The highest BCUT2D eigenvalue weighted by molar-refractivity contribution is 5.77. The highest BCUT2D eigenvalue weighted by Gasteiger charge is 2.28. The van der Waals surface area contributed by atoms with Gasteiger partial charge in [-0.3, -0.25) is 4.90 Å². The van der Waals surface area contributed by atoms with Gasteiger partial charge in [0.1, 0.15) is 6.04 Å². The van der Waals surface area contributed by atoms with Crippen molar-refractivity contribution in [1.29, 1.82) is 0 Å². The first-order valence-electron chi connectivity index (χ1n) is 7.05. The van der Waals surface area contributed by atoms with Gasteiger partial charge in [-0.1, -0.05) is 51.1 Å². The van der Waals surface area contributed by atoms with Crippen LogP contribution in [0.25, 0.3) is 0 Å². The number of esters is 1. The Hall–Kier alpha value is -1.35. The van der Waals surface area contributed by atoms with Crippen LogP contribution in [0, 0.1) is 5.92 Å². The van der Waals surface area contributed by atoms with Gasteiger partial charge in [-0.05, 0) is 24.9 Å². The zero-order valence-corrected chi connectivity index (χ0v) is 12.4. The molecule has 0 aliphatic rings. The predicted molar refractivity (Wildman–Crippen MR) is 77.9 cm³/mol. The maximum absolute atomic E-state index is 12.3. The van der Waals surface area contributed by atoms with Crippen molar-refractivity contribution in [2.24, 2.45) is 5.92 Å². The Labute approximate surface area is 116 Å². The molecule has 1 aromatic rings. The molecule has 3 heteroatoms. The van der Waals surface area contributed by atoms with Gasteiger partial charge in [-0.15, -0.1) is 0 Å². The Kier molecular flexibility index (Phi) is 6.57. The Morgan fingerprint density at radius 1 is 1.21 bits per heavy atom. The lowest BCUT2D eigenvalue weighted by atomic mass is 10.0. The molecule has 19 heavy (non-hydrogen) atoms. The Bertz CT molecular complexity index is 376. The second kappa shape index (κ2) is 7.95. The molecule has 0 aliphatic carbocycles. The van der Waals surface area contributed by atoms with Crippen molar-refractivity contribution in [3.05, 3.63) is 35.9 Å². The minimum atomic E-state index is -0.298. The van der Waals surface area contributed by atoms with Crippen LogP contribution in [0.4, 0.5) is 0 Å². The molecular formula is C16H25NO2. The first-order valence-corrected chi connectivity index (χ1v) is 7.05. The zero-order chi connectivity index (χ0) is 14.3. The number of rotatable bonds is 7. The van der Waals surface area contributed by atoms with E-state index in [1.807, 2.05) is 37.3 Å². The van der Waals surface area contributed by atoms with Crippen LogP contribution >= 0.6 is 0 Å². The van der Waals surface area contributed by atoms with Crippen LogP contribution in [0.2, 0.25) is 0 Å². The summed E-state index contributed by atoms with van der Waals surface area (Å²) >= 11 is 0. The van der Waals surface area contributed by atoms with Crippen molar-refractivity contribution in [2.45, 2.75) is 33.7 Å². The van der Waals surface area contributed by atoms with Gasteiger partial charge < -0.3 is 4.74 Å². The van der Waals surface area contributed by atoms with E-state index in [-0.39, 0.29) is 12.0 Å². The summed E-state index contributed by atoms with van der Waals surface area (Å²) in [4.78, 5) is 14.4. The topological polar surface area (TPSA) is 29.5 Å². The molecule has 0 radical (unpaired) electrons. The Morgan fingerprint density at radius 3 is 2.32 bits per heavy atom. The molecule has 0 aliphatic heterocycles. The lowest BCUT2D eigenvalue weighted by Gasteiger charge is -2.30. The summed E-state index contributed by atoms with van der Waals surface area (Å²) in [5.74, 6) is 0.358. The SMILES string of the molecule is CCOC(=O)C(c1ccccc1)N(CC)CC(C)C. The highest BCUT2D eigenvalue weighted by atomic mass is 16.5. The summed E-state index contributed by atoms with van der Waals surface area (Å²) in [6, 6.07) is 9.57. The first-order chi connectivity index (χ1) is 9.10. The fraction of sp³-hybridized carbons (Fsp3) is 0.562. The van der Waals surface area contributed by atoms with E-state index in [0.29, 0.717) is 12.5 Å². The molecule has 0 bridgehead atoms. The van der Waals surface area contributed by atoms with Gasteiger partial charge in [0, 0.05) is 6.54 Å². The Balaban J connectivity index is 3.00. The normalized spacial score (nSPS) is 12.7. The van der Waals surface area contributed by atoms with Crippen molar-refractivity contribution in [2.75, 3.05) is 19.7 Å². The standard InChI is InChI=1S/C16H25NO2/c1-5-17(12-13(3)4)15(16(18)19-6-2)14-10-8-7-9-11-14/h7-11,13,15H,5-6,12H2,1-4H3. The van der Waals surface area contributed by atoms with E-state index in [2.05, 4.69) is 25.7 Å². The number of benzene rings is 1. The number of ether oxygens (including phenoxy) is 1. The van der Waals surface area contributed by atoms with Crippen molar-refractivity contribution < 1.29 is 9.53 Å². The van der Waals surface area contributed by atoms with E-state index >= 15 is 0 Å². The van der Waals surface area contributed by atoms with Crippen LogP contribution in [0.15, 0.2) is 30.3 Å². The fourth-order valence-corrected chi connectivity index (χ4v) is 2.24. The molecule has 0 saturated heterocycles. The van der Waals surface area contributed by atoms with Gasteiger partial charge >= 0.3 is 5.97 Å². The summed E-state index contributed by atoms with van der Waals surface area (Å²) in [5, 5.41) is 0. The van der Waals surface area contributed by atoms with Crippen molar-refractivity contribution in [1.82, 2.24) is 4.90 Å². The maximum atomic E-state index is 12.3. The Morgan fingerprint density at radius 2 is 1.84 bits per heavy atom. The minimum Gasteiger partial charge on any atom is -0.465 e. The van der Waals surface area contributed by atoms with Gasteiger partial charge in [-0.25, -0.2) is 4.79 Å². The average Bonchev–Trinajstić information content (AvgIpc) is 2.39. The molecule has 1 rings (SSSR count). The van der Waals surface area contributed by atoms with Gasteiger partial charge in [0.25, 0.3) is 0 Å². The van der Waals surface area contributed by atoms with E-state index in [1.54, 1.807) is 0 Å². The number of carbonyl (C=O) groups excluding carboxylic acids is 1. The molecule has 0 aromatic heterocycles. The molecule has 1 aromatic carbocycles. The molecule has 1 unspecified atom stereocenters. The second-order valence-corrected chi connectivity index (χ2v) is 5.05. The van der Waals surface area contributed by atoms with Crippen molar-refractivity contribution in [3.63, 3.8) is 0 Å². The third-order valence-corrected chi connectivity index (χ3v) is 3.00. The van der Waals surface area contributed by atoms with Crippen molar-refractivity contribution >= 4 is 5.97 Å². The zero-order valence-electron chi connectivity index (χ0n) is 12.4.